The van der Waals surface area contributed by atoms with Crippen LogP contribution in [0.1, 0.15) is 23.2 Å². The summed E-state index contributed by atoms with van der Waals surface area (Å²) in [5, 5.41) is 12.1. The average Bonchev–Trinajstić information content (AvgIpc) is 3.01. The van der Waals surface area contributed by atoms with Gasteiger partial charge in [-0.3, -0.25) is 4.79 Å². The molecule has 98 valence electrons. The van der Waals surface area contributed by atoms with E-state index in [1.165, 1.54) is 0 Å². The highest BCUT2D eigenvalue weighted by Crippen LogP contribution is 2.34. The molecule has 0 atom stereocenters. The number of nitrogens with one attached hydrogen (secondary N) is 1. The van der Waals surface area contributed by atoms with Crippen LogP contribution in [0.15, 0.2) is 48.8 Å². The summed E-state index contributed by atoms with van der Waals surface area (Å²) in [5.41, 5.74) is 1.27. The highest BCUT2D eigenvalue weighted by Gasteiger charge is 2.43. The Kier molecular flexibility index (Phi) is 2.87. The summed E-state index contributed by atoms with van der Waals surface area (Å²) in [7, 11) is 0. The molecule has 4 heteroatoms. The SMILES string of the molecule is O=C(NC1(CO)CC1)c1ccc(-n2cccc2)cc1. The van der Waals surface area contributed by atoms with E-state index in [9.17, 15) is 9.90 Å². The summed E-state index contributed by atoms with van der Waals surface area (Å²) in [6.45, 7) is 0.0141. The second-order valence-corrected chi connectivity index (χ2v) is 5.03. The van der Waals surface area contributed by atoms with Gasteiger partial charge in [-0.25, -0.2) is 0 Å². The van der Waals surface area contributed by atoms with Gasteiger partial charge in [0.15, 0.2) is 0 Å². The molecule has 1 heterocycles. The van der Waals surface area contributed by atoms with Gasteiger partial charge in [-0.2, -0.15) is 0 Å². The molecule has 2 N–H and O–H groups in total. The molecule has 0 spiro atoms. The first-order valence-electron chi connectivity index (χ1n) is 6.39. The number of hydrogen-bond acceptors (Lipinski definition) is 2. The van der Waals surface area contributed by atoms with Crippen LogP contribution in [-0.2, 0) is 0 Å². The van der Waals surface area contributed by atoms with Crippen LogP contribution in [0.4, 0.5) is 0 Å². The molecule has 1 amide bonds. The zero-order chi connectivity index (χ0) is 13.3. The third-order valence-electron chi connectivity index (χ3n) is 3.57. The van der Waals surface area contributed by atoms with Crippen LogP contribution >= 0.6 is 0 Å². The first-order chi connectivity index (χ1) is 9.22. The number of aromatic nitrogens is 1. The Labute approximate surface area is 111 Å². The first kappa shape index (κ1) is 12.0. The molecule has 3 rings (SSSR count). The van der Waals surface area contributed by atoms with Crippen molar-refractivity contribution in [3.63, 3.8) is 0 Å². The van der Waals surface area contributed by atoms with E-state index in [-0.39, 0.29) is 18.1 Å². The standard InChI is InChI=1S/C15H16N2O2/c18-11-15(7-8-15)16-14(19)12-3-5-13(6-4-12)17-9-1-2-10-17/h1-6,9-10,18H,7-8,11H2,(H,16,19). The minimum Gasteiger partial charge on any atom is -0.394 e. The Hall–Kier alpha value is -2.07. The maximum atomic E-state index is 12.0. The summed E-state index contributed by atoms with van der Waals surface area (Å²) in [6, 6.07) is 11.3. The lowest BCUT2D eigenvalue weighted by atomic mass is 10.1. The molecule has 1 aliphatic carbocycles. The van der Waals surface area contributed by atoms with Gasteiger partial charge in [0.1, 0.15) is 0 Å². The normalized spacial score (nSPS) is 16.1. The molecule has 1 aromatic heterocycles. The average molecular weight is 256 g/mol. The minimum atomic E-state index is -0.365. The van der Waals surface area contributed by atoms with E-state index in [1.807, 2.05) is 41.2 Å². The van der Waals surface area contributed by atoms with Gasteiger partial charge >= 0.3 is 0 Å². The van der Waals surface area contributed by atoms with Gasteiger partial charge in [0.05, 0.1) is 12.1 Å². The van der Waals surface area contributed by atoms with E-state index in [2.05, 4.69) is 5.32 Å². The molecule has 1 aliphatic rings. The van der Waals surface area contributed by atoms with Crippen molar-refractivity contribution in [2.45, 2.75) is 18.4 Å². The van der Waals surface area contributed by atoms with E-state index in [0.717, 1.165) is 18.5 Å². The van der Waals surface area contributed by atoms with Crippen LogP contribution in [0.2, 0.25) is 0 Å². The Bertz CT molecular complexity index is 569. The largest absolute Gasteiger partial charge is 0.394 e. The predicted octanol–water partition coefficient (Wildman–Crippen LogP) is 1.73. The maximum absolute atomic E-state index is 12.0. The van der Waals surface area contributed by atoms with Crippen LogP contribution in [0.25, 0.3) is 5.69 Å². The number of nitrogens with zero attached hydrogens (tertiary/aromatic N) is 1. The number of hydrogen-bond donors (Lipinski definition) is 2. The molecule has 0 radical (unpaired) electrons. The molecule has 1 aromatic carbocycles. The Morgan fingerprint density at radius 1 is 1.21 bits per heavy atom. The fourth-order valence-electron chi connectivity index (χ4n) is 2.08. The van der Waals surface area contributed by atoms with Gasteiger partial charge < -0.3 is 15.0 Å². The van der Waals surface area contributed by atoms with Gasteiger partial charge in [-0.15, -0.1) is 0 Å². The number of carbonyl (C=O) groups excluding carboxylic acids is 1. The molecule has 19 heavy (non-hydrogen) atoms. The fourth-order valence-corrected chi connectivity index (χ4v) is 2.08. The van der Waals surface area contributed by atoms with Crippen molar-refractivity contribution >= 4 is 5.91 Å². The second-order valence-electron chi connectivity index (χ2n) is 5.03. The molecule has 0 unspecified atom stereocenters. The number of aliphatic hydroxyl groups is 1. The number of rotatable bonds is 4. The fraction of sp³-hybridized carbons (Fsp3) is 0.267. The zero-order valence-corrected chi connectivity index (χ0v) is 10.5. The molecular weight excluding hydrogens is 240 g/mol. The lowest BCUT2D eigenvalue weighted by molar-refractivity contribution is 0.0907. The molecule has 1 fully saturated rings. The zero-order valence-electron chi connectivity index (χ0n) is 10.5. The van der Waals surface area contributed by atoms with Crippen molar-refractivity contribution in [2.24, 2.45) is 0 Å². The Balaban J connectivity index is 1.74. The van der Waals surface area contributed by atoms with Gasteiger partial charge in [-0.05, 0) is 49.2 Å². The monoisotopic (exact) mass is 256 g/mol. The molecule has 0 saturated heterocycles. The van der Waals surface area contributed by atoms with Gasteiger partial charge in [-0.1, -0.05) is 0 Å². The highest BCUT2D eigenvalue weighted by molar-refractivity contribution is 5.95. The van der Waals surface area contributed by atoms with E-state index in [1.54, 1.807) is 12.1 Å². The Morgan fingerprint density at radius 3 is 2.37 bits per heavy atom. The second kappa shape index (κ2) is 4.55. The van der Waals surface area contributed by atoms with E-state index < -0.39 is 0 Å². The van der Waals surface area contributed by atoms with E-state index in [4.69, 9.17) is 0 Å². The summed E-state index contributed by atoms with van der Waals surface area (Å²) >= 11 is 0. The first-order valence-corrected chi connectivity index (χ1v) is 6.39. The van der Waals surface area contributed by atoms with Crippen molar-refractivity contribution in [3.05, 3.63) is 54.4 Å². The molecule has 0 bridgehead atoms. The molecule has 2 aromatic rings. The molecular formula is C15H16N2O2. The van der Waals surface area contributed by atoms with Crippen molar-refractivity contribution in [2.75, 3.05) is 6.61 Å². The quantitative estimate of drug-likeness (QED) is 0.875. The van der Waals surface area contributed by atoms with Crippen LogP contribution in [-0.4, -0.2) is 27.7 Å². The van der Waals surface area contributed by atoms with Crippen molar-refractivity contribution in [1.29, 1.82) is 0 Å². The third kappa shape index (κ3) is 2.39. The number of amides is 1. The lowest BCUT2D eigenvalue weighted by Gasteiger charge is -2.14. The van der Waals surface area contributed by atoms with Crippen molar-refractivity contribution < 1.29 is 9.90 Å². The summed E-state index contributed by atoms with van der Waals surface area (Å²) in [6.07, 6.45) is 5.63. The maximum Gasteiger partial charge on any atom is 0.251 e. The van der Waals surface area contributed by atoms with Gasteiger partial charge in [0.2, 0.25) is 0 Å². The van der Waals surface area contributed by atoms with E-state index >= 15 is 0 Å². The number of carbonyl (C=O) groups is 1. The van der Waals surface area contributed by atoms with Crippen LogP contribution in [0.5, 0.6) is 0 Å². The summed E-state index contributed by atoms with van der Waals surface area (Å²) < 4.78 is 1.98. The molecule has 4 nitrogen and oxygen atoms in total. The van der Waals surface area contributed by atoms with Crippen LogP contribution < -0.4 is 5.32 Å². The minimum absolute atomic E-state index is 0.0141. The number of aliphatic hydroxyl groups excluding tert-OH is 1. The van der Waals surface area contributed by atoms with E-state index in [0.29, 0.717) is 5.56 Å². The van der Waals surface area contributed by atoms with Crippen LogP contribution in [0, 0.1) is 0 Å². The topological polar surface area (TPSA) is 54.3 Å². The van der Waals surface area contributed by atoms with Crippen molar-refractivity contribution in [3.8, 4) is 5.69 Å². The van der Waals surface area contributed by atoms with Crippen molar-refractivity contribution in [1.82, 2.24) is 9.88 Å². The number of benzene rings is 1. The van der Waals surface area contributed by atoms with Gasteiger partial charge in [0.25, 0.3) is 5.91 Å². The molecule has 0 aliphatic heterocycles. The molecule has 1 saturated carbocycles. The van der Waals surface area contributed by atoms with Crippen LogP contribution in [0.3, 0.4) is 0 Å². The summed E-state index contributed by atoms with van der Waals surface area (Å²) in [4.78, 5) is 12.0. The summed E-state index contributed by atoms with van der Waals surface area (Å²) in [5.74, 6) is -0.120. The highest BCUT2D eigenvalue weighted by atomic mass is 16.3. The Morgan fingerprint density at radius 2 is 1.84 bits per heavy atom. The smallest absolute Gasteiger partial charge is 0.251 e. The third-order valence-corrected chi connectivity index (χ3v) is 3.57. The van der Waals surface area contributed by atoms with Gasteiger partial charge in [0, 0.05) is 23.6 Å². The lowest BCUT2D eigenvalue weighted by Crippen LogP contribution is -2.39. The predicted molar refractivity (Wildman–Crippen MR) is 72.3 cm³/mol.